The summed E-state index contributed by atoms with van der Waals surface area (Å²) >= 11 is 0. The summed E-state index contributed by atoms with van der Waals surface area (Å²) in [5.74, 6) is -2.26. The number of carbonyl (C=O) groups is 3. The summed E-state index contributed by atoms with van der Waals surface area (Å²) in [7, 11) is 0. The van der Waals surface area contributed by atoms with Gasteiger partial charge in [0.05, 0.1) is 6.10 Å². The first kappa shape index (κ1) is 19.4. The summed E-state index contributed by atoms with van der Waals surface area (Å²) < 4.78 is 0. The lowest BCUT2D eigenvalue weighted by molar-refractivity contribution is -0.153. The third-order valence-electron chi connectivity index (χ3n) is 5.71. The van der Waals surface area contributed by atoms with E-state index in [9.17, 15) is 24.6 Å². The second-order valence-electron chi connectivity index (χ2n) is 7.47. The Kier molecular flexibility index (Phi) is 5.79. The minimum atomic E-state index is -1.07. The Morgan fingerprint density at radius 1 is 1.00 bits per heavy atom. The second kappa shape index (κ2) is 8.08. The van der Waals surface area contributed by atoms with Gasteiger partial charge in [0.1, 0.15) is 5.92 Å². The van der Waals surface area contributed by atoms with Gasteiger partial charge in [0.15, 0.2) is 0 Å². The van der Waals surface area contributed by atoms with Crippen LogP contribution < -0.4 is 0 Å². The molecule has 0 unspecified atom stereocenters. The molecule has 7 heteroatoms. The van der Waals surface area contributed by atoms with Crippen LogP contribution in [0, 0.1) is 18.8 Å². The van der Waals surface area contributed by atoms with Gasteiger partial charge in [-0.05, 0) is 37.8 Å². The number of aryl methyl sites for hydroxylation is 1. The van der Waals surface area contributed by atoms with Crippen molar-refractivity contribution in [2.45, 2.75) is 32.3 Å². The van der Waals surface area contributed by atoms with Gasteiger partial charge in [-0.1, -0.05) is 18.2 Å². The van der Waals surface area contributed by atoms with Gasteiger partial charge in [-0.2, -0.15) is 0 Å². The highest BCUT2D eigenvalue weighted by atomic mass is 16.4. The predicted molar refractivity (Wildman–Crippen MR) is 98.1 cm³/mol. The van der Waals surface area contributed by atoms with Gasteiger partial charge in [-0.3, -0.25) is 14.4 Å². The molecule has 1 aromatic carbocycles. The van der Waals surface area contributed by atoms with Crippen molar-refractivity contribution >= 4 is 17.8 Å². The highest BCUT2D eigenvalue weighted by Crippen LogP contribution is 2.25. The van der Waals surface area contributed by atoms with Crippen molar-refractivity contribution in [1.29, 1.82) is 0 Å². The monoisotopic (exact) mass is 374 g/mol. The number of carboxylic acid groups (broad SMARTS) is 1. The van der Waals surface area contributed by atoms with E-state index in [1.165, 1.54) is 0 Å². The molecule has 2 atom stereocenters. The van der Waals surface area contributed by atoms with Crippen LogP contribution in [0.15, 0.2) is 24.3 Å². The fraction of sp³-hybridized carbons (Fsp3) is 0.550. The van der Waals surface area contributed by atoms with E-state index in [4.69, 9.17) is 0 Å². The van der Waals surface area contributed by atoms with Gasteiger partial charge in [-0.15, -0.1) is 0 Å². The van der Waals surface area contributed by atoms with Crippen molar-refractivity contribution < 1.29 is 24.6 Å². The van der Waals surface area contributed by atoms with Crippen molar-refractivity contribution in [3.63, 3.8) is 0 Å². The van der Waals surface area contributed by atoms with Crippen LogP contribution in [0.2, 0.25) is 0 Å². The number of benzene rings is 1. The molecule has 0 saturated carbocycles. The van der Waals surface area contributed by atoms with Crippen LogP contribution in [0.5, 0.6) is 0 Å². The maximum atomic E-state index is 12.8. The van der Waals surface area contributed by atoms with Crippen molar-refractivity contribution in [2.75, 3.05) is 26.2 Å². The Bertz CT molecular complexity index is 727. The number of carbonyl (C=O) groups excluding carboxylic acids is 2. The molecule has 7 nitrogen and oxygen atoms in total. The zero-order valence-electron chi connectivity index (χ0n) is 15.5. The number of piperidine rings is 2. The normalized spacial score (nSPS) is 23.9. The first-order chi connectivity index (χ1) is 12.9. The molecule has 2 fully saturated rings. The number of aliphatic hydroxyl groups excluding tert-OH is 1. The highest BCUT2D eigenvalue weighted by molar-refractivity contribution is 5.95. The highest BCUT2D eigenvalue weighted by Gasteiger charge is 2.38. The third kappa shape index (κ3) is 4.13. The van der Waals surface area contributed by atoms with Crippen LogP contribution in [-0.2, 0) is 9.59 Å². The van der Waals surface area contributed by atoms with Gasteiger partial charge in [-0.25, -0.2) is 0 Å². The summed E-state index contributed by atoms with van der Waals surface area (Å²) in [6, 6.07) is 7.48. The average Bonchev–Trinajstić information content (AvgIpc) is 2.67. The van der Waals surface area contributed by atoms with E-state index < -0.39 is 18.0 Å². The lowest BCUT2D eigenvalue weighted by atomic mass is 9.90. The standard InChI is InChI=1S/C20H26N2O5/c1-13-4-2-3-5-15(13)19(25)21-9-6-14(7-10-21)18(24)22-11-8-17(23)16(12-22)20(26)27/h2-5,14,16-17,23H,6-12H2,1H3,(H,26,27)/t16-,17-/m1/s1. The van der Waals surface area contributed by atoms with Crippen LogP contribution >= 0.6 is 0 Å². The number of likely N-dealkylation sites (tertiary alicyclic amines) is 2. The average molecular weight is 374 g/mol. The summed E-state index contributed by atoms with van der Waals surface area (Å²) in [6.45, 7) is 3.38. The minimum absolute atomic E-state index is 0.00830. The topological polar surface area (TPSA) is 98.2 Å². The molecular formula is C20H26N2O5. The van der Waals surface area contributed by atoms with Crippen LogP contribution in [0.3, 0.4) is 0 Å². The van der Waals surface area contributed by atoms with E-state index in [-0.39, 0.29) is 30.7 Å². The van der Waals surface area contributed by atoms with E-state index in [2.05, 4.69) is 0 Å². The molecule has 3 rings (SSSR count). The molecule has 27 heavy (non-hydrogen) atoms. The molecule has 146 valence electrons. The summed E-state index contributed by atoms with van der Waals surface area (Å²) in [5, 5.41) is 19.0. The molecule has 2 amide bonds. The summed E-state index contributed by atoms with van der Waals surface area (Å²) in [4.78, 5) is 40.1. The predicted octanol–water partition coefficient (Wildman–Crippen LogP) is 1.14. The van der Waals surface area contributed by atoms with Gasteiger partial charge in [0.2, 0.25) is 5.91 Å². The molecule has 0 radical (unpaired) electrons. The molecule has 2 aliphatic rings. The molecule has 0 aromatic heterocycles. The van der Waals surface area contributed by atoms with Crippen molar-refractivity contribution in [3.05, 3.63) is 35.4 Å². The number of hydrogen-bond donors (Lipinski definition) is 2. The fourth-order valence-electron chi connectivity index (χ4n) is 3.95. The third-order valence-corrected chi connectivity index (χ3v) is 5.71. The van der Waals surface area contributed by atoms with E-state index in [1.807, 2.05) is 31.2 Å². The maximum absolute atomic E-state index is 12.8. The van der Waals surface area contributed by atoms with E-state index in [0.717, 1.165) is 5.56 Å². The number of rotatable bonds is 3. The quantitative estimate of drug-likeness (QED) is 0.827. The fourth-order valence-corrected chi connectivity index (χ4v) is 3.95. The molecule has 2 N–H and O–H groups in total. The van der Waals surface area contributed by atoms with E-state index >= 15 is 0 Å². The van der Waals surface area contributed by atoms with Crippen LogP contribution in [0.25, 0.3) is 0 Å². The Labute approximate surface area is 158 Å². The van der Waals surface area contributed by atoms with Gasteiger partial charge in [0.25, 0.3) is 5.91 Å². The van der Waals surface area contributed by atoms with Crippen LogP contribution in [0.1, 0.15) is 35.2 Å². The van der Waals surface area contributed by atoms with Gasteiger partial charge < -0.3 is 20.0 Å². The lowest BCUT2D eigenvalue weighted by Gasteiger charge is -2.38. The van der Waals surface area contributed by atoms with E-state index in [1.54, 1.807) is 9.80 Å². The van der Waals surface area contributed by atoms with Crippen molar-refractivity contribution in [2.24, 2.45) is 11.8 Å². The molecule has 0 aliphatic carbocycles. The molecule has 2 saturated heterocycles. The Morgan fingerprint density at radius 2 is 1.63 bits per heavy atom. The minimum Gasteiger partial charge on any atom is -0.481 e. The van der Waals surface area contributed by atoms with Crippen molar-refractivity contribution in [3.8, 4) is 0 Å². The number of hydrogen-bond acceptors (Lipinski definition) is 4. The molecule has 2 aliphatic heterocycles. The number of amides is 2. The second-order valence-corrected chi connectivity index (χ2v) is 7.47. The number of nitrogens with zero attached hydrogens (tertiary/aromatic N) is 2. The van der Waals surface area contributed by atoms with Crippen LogP contribution in [0.4, 0.5) is 0 Å². The zero-order chi connectivity index (χ0) is 19.6. The Hall–Kier alpha value is -2.41. The smallest absolute Gasteiger partial charge is 0.310 e. The maximum Gasteiger partial charge on any atom is 0.310 e. The first-order valence-corrected chi connectivity index (χ1v) is 9.43. The largest absolute Gasteiger partial charge is 0.481 e. The lowest BCUT2D eigenvalue weighted by Crippen LogP contribution is -2.51. The Morgan fingerprint density at radius 3 is 2.26 bits per heavy atom. The molecule has 1 aromatic rings. The summed E-state index contributed by atoms with van der Waals surface area (Å²) in [6.07, 6.45) is 0.536. The van der Waals surface area contributed by atoms with Gasteiger partial charge >= 0.3 is 5.97 Å². The van der Waals surface area contributed by atoms with Crippen LogP contribution in [-0.4, -0.2) is 70.1 Å². The molecular weight excluding hydrogens is 348 g/mol. The number of carboxylic acids is 1. The SMILES string of the molecule is Cc1ccccc1C(=O)N1CCC(C(=O)N2CC[C@@H](O)[C@H](C(=O)O)C2)CC1. The number of aliphatic carboxylic acids is 1. The zero-order valence-corrected chi connectivity index (χ0v) is 15.5. The summed E-state index contributed by atoms with van der Waals surface area (Å²) in [5.41, 5.74) is 1.63. The number of aliphatic hydroxyl groups is 1. The molecule has 0 spiro atoms. The van der Waals surface area contributed by atoms with E-state index in [0.29, 0.717) is 38.0 Å². The van der Waals surface area contributed by atoms with Crippen molar-refractivity contribution in [1.82, 2.24) is 9.80 Å². The molecule has 2 heterocycles. The van der Waals surface area contributed by atoms with Gasteiger partial charge in [0, 0.05) is 37.7 Å². The Balaban J connectivity index is 1.57. The molecule has 0 bridgehead atoms. The first-order valence-electron chi connectivity index (χ1n) is 9.43.